The number of anilines is 1. The molecule has 0 aliphatic heterocycles. The van der Waals surface area contributed by atoms with Gasteiger partial charge in [-0.2, -0.15) is 0 Å². The van der Waals surface area contributed by atoms with Crippen molar-refractivity contribution in [2.45, 2.75) is 0 Å². The summed E-state index contributed by atoms with van der Waals surface area (Å²) in [6.45, 7) is 0. The molecule has 2 N–H and O–H groups in total. The summed E-state index contributed by atoms with van der Waals surface area (Å²) < 4.78 is 4.70. The van der Waals surface area contributed by atoms with Crippen LogP contribution in [0.25, 0.3) is 0 Å². The molecule has 5 heteroatoms. The van der Waals surface area contributed by atoms with Crippen LogP contribution in [0.3, 0.4) is 0 Å². The SMILES string of the molecule is Nc1ccnc([Si]O[Si])c1. The fraction of sp³-hybridized carbons (Fsp3) is 0. The van der Waals surface area contributed by atoms with E-state index in [1.165, 1.54) is 0 Å². The highest BCUT2D eigenvalue weighted by atomic mass is 28.3. The van der Waals surface area contributed by atoms with Crippen molar-refractivity contribution in [3.8, 4) is 0 Å². The molecule has 0 aromatic carbocycles. The molecule has 0 unspecified atom stereocenters. The molecular formula is C5H5N2OSi2. The second-order valence-corrected chi connectivity index (χ2v) is 3.21. The summed E-state index contributed by atoms with van der Waals surface area (Å²) in [5.41, 5.74) is 6.19. The van der Waals surface area contributed by atoms with Gasteiger partial charge in [0.2, 0.25) is 10.5 Å². The van der Waals surface area contributed by atoms with Crippen molar-refractivity contribution in [2.24, 2.45) is 0 Å². The molecule has 0 saturated heterocycles. The van der Waals surface area contributed by atoms with E-state index in [0.717, 1.165) is 5.32 Å². The van der Waals surface area contributed by atoms with Crippen molar-refractivity contribution in [3.63, 3.8) is 0 Å². The highest BCUT2D eigenvalue weighted by Crippen LogP contribution is 1.92. The third-order valence-electron chi connectivity index (χ3n) is 0.940. The Morgan fingerprint density at radius 1 is 1.70 bits per heavy atom. The van der Waals surface area contributed by atoms with Gasteiger partial charge in [0.15, 0.2) is 0 Å². The summed E-state index contributed by atoms with van der Waals surface area (Å²) in [7, 11) is 3.09. The number of aromatic nitrogens is 1. The first-order valence-electron chi connectivity index (χ1n) is 2.63. The minimum absolute atomic E-state index is 0.206. The zero-order valence-corrected chi connectivity index (χ0v) is 7.16. The summed E-state index contributed by atoms with van der Waals surface area (Å²) >= 11 is 0. The predicted octanol–water partition coefficient (Wildman–Crippen LogP) is -0.992. The van der Waals surface area contributed by atoms with Gasteiger partial charge in [0, 0.05) is 11.9 Å². The number of rotatable bonds is 2. The van der Waals surface area contributed by atoms with Crippen molar-refractivity contribution in [2.75, 3.05) is 5.73 Å². The van der Waals surface area contributed by atoms with Crippen LogP contribution < -0.4 is 11.1 Å². The molecular weight excluding hydrogens is 160 g/mol. The van der Waals surface area contributed by atoms with E-state index in [1.807, 2.05) is 0 Å². The van der Waals surface area contributed by atoms with Gasteiger partial charge in [0.05, 0.1) is 5.32 Å². The number of nitrogen functional groups attached to an aromatic ring is 1. The van der Waals surface area contributed by atoms with Gasteiger partial charge in [-0.15, -0.1) is 0 Å². The molecule has 1 heterocycles. The molecule has 0 atom stereocenters. The topological polar surface area (TPSA) is 48.1 Å². The van der Waals surface area contributed by atoms with Gasteiger partial charge >= 0.3 is 0 Å². The Balaban J connectivity index is 2.75. The molecule has 0 aliphatic rings. The van der Waals surface area contributed by atoms with Crippen LogP contribution in [-0.4, -0.2) is 25.2 Å². The van der Waals surface area contributed by atoms with Crippen LogP contribution in [-0.2, 0) is 4.12 Å². The van der Waals surface area contributed by atoms with Gasteiger partial charge in [0.1, 0.15) is 0 Å². The van der Waals surface area contributed by atoms with Crippen LogP contribution in [0.15, 0.2) is 18.3 Å². The maximum atomic E-state index is 5.48. The Kier molecular flexibility index (Phi) is 2.61. The maximum Gasteiger partial charge on any atom is 0.278 e. The van der Waals surface area contributed by atoms with E-state index in [0.29, 0.717) is 5.69 Å². The van der Waals surface area contributed by atoms with E-state index in [4.69, 9.17) is 9.85 Å². The van der Waals surface area contributed by atoms with Gasteiger partial charge in [-0.05, 0) is 12.1 Å². The second kappa shape index (κ2) is 3.50. The third kappa shape index (κ3) is 1.94. The Hall–Kier alpha value is -0.656. The van der Waals surface area contributed by atoms with Crippen LogP contribution in [0.1, 0.15) is 0 Å². The highest BCUT2D eigenvalue weighted by molar-refractivity contribution is 6.49. The largest absolute Gasteiger partial charge is 0.453 e. The normalized spacial score (nSPS) is 9.70. The predicted molar refractivity (Wildman–Crippen MR) is 40.9 cm³/mol. The molecule has 5 radical (unpaired) electrons. The lowest BCUT2D eigenvalue weighted by molar-refractivity contribution is 0.675. The Bertz CT molecular complexity index is 219. The number of pyridine rings is 1. The minimum Gasteiger partial charge on any atom is -0.453 e. The average Bonchev–Trinajstić information content (AvgIpc) is 1.88. The van der Waals surface area contributed by atoms with Gasteiger partial charge in [0.25, 0.3) is 9.76 Å². The molecule has 10 heavy (non-hydrogen) atoms. The van der Waals surface area contributed by atoms with E-state index in [9.17, 15) is 0 Å². The van der Waals surface area contributed by atoms with Crippen LogP contribution in [0.4, 0.5) is 5.69 Å². The molecule has 0 amide bonds. The summed E-state index contributed by atoms with van der Waals surface area (Å²) in [4.78, 5) is 4.01. The molecule has 1 aromatic heterocycles. The van der Waals surface area contributed by atoms with Crippen LogP contribution in [0, 0.1) is 0 Å². The first kappa shape index (κ1) is 7.45. The van der Waals surface area contributed by atoms with Crippen molar-refractivity contribution < 1.29 is 4.12 Å². The summed E-state index contributed by atoms with van der Waals surface area (Å²) in [5.74, 6) is 0. The van der Waals surface area contributed by atoms with Gasteiger partial charge < -0.3 is 9.85 Å². The molecule has 0 aliphatic carbocycles. The van der Waals surface area contributed by atoms with Crippen molar-refractivity contribution in [1.82, 2.24) is 4.98 Å². The molecule has 0 fully saturated rings. The molecule has 0 bridgehead atoms. The Morgan fingerprint density at radius 2 is 2.50 bits per heavy atom. The number of hydrogen-bond donors (Lipinski definition) is 1. The van der Waals surface area contributed by atoms with Crippen LogP contribution >= 0.6 is 0 Å². The smallest absolute Gasteiger partial charge is 0.278 e. The number of hydrogen-bond acceptors (Lipinski definition) is 3. The Labute approximate surface area is 65.1 Å². The number of nitrogens with zero attached hydrogens (tertiary/aromatic N) is 1. The van der Waals surface area contributed by atoms with E-state index < -0.39 is 0 Å². The second-order valence-electron chi connectivity index (χ2n) is 1.68. The summed E-state index contributed by atoms with van der Waals surface area (Å²) in [6, 6.07) is 3.51. The number of nitrogens with two attached hydrogens (primary N) is 1. The first-order valence-corrected chi connectivity index (χ1v) is 3.94. The molecule has 0 spiro atoms. The zero-order valence-electron chi connectivity index (χ0n) is 5.16. The highest BCUT2D eigenvalue weighted by Gasteiger charge is 1.94. The molecule has 1 rings (SSSR count). The van der Waals surface area contributed by atoms with Crippen molar-refractivity contribution >= 4 is 31.3 Å². The lowest BCUT2D eigenvalue weighted by Gasteiger charge is -1.95. The van der Waals surface area contributed by atoms with E-state index >= 15 is 0 Å². The van der Waals surface area contributed by atoms with E-state index in [-0.39, 0.29) is 9.76 Å². The average molecular weight is 165 g/mol. The zero-order chi connectivity index (χ0) is 7.40. The van der Waals surface area contributed by atoms with Crippen LogP contribution in [0.2, 0.25) is 0 Å². The summed E-state index contributed by atoms with van der Waals surface area (Å²) in [5, 5.41) is 0.843. The van der Waals surface area contributed by atoms with E-state index in [1.54, 1.807) is 18.3 Å². The lowest BCUT2D eigenvalue weighted by Crippen LogP contribution is -2.20. The van der Waals surface area contributed by atoms with Gasteiger partial charge in [-0.1, -0.05) is 0 Å². The molecule has 3 nitrogen and oxygen atoms in total. The quantitative estimate of drug-likeness (QED) is 0.572. The molecule has 1 aromatic rings. The van der Waals surface area contributed by atoms with Crippen molar-refractivity contribution in [1.29, 1.82) is 0 Å². The Morgan fingerprint density at radius 3 is 3.10 bits per heavy atom. The lowest BCUT2D eigenvalue weighted by atomic mass is 10.4. The van der Waals surface area contributed by atoms with E-state index in [2.05, 4.69) is 15.5 Å². The fourth-order valence-electron chi connectivity index (χ4n) is 0.555. The fourth-order valence-corrected chi connectivity index (χ4v) is 1.33. The van der Waals surface area contributed by atoms with Crippen LogP contribution in [0.5, 0.6) is 0 Å². The third-order valence-corrected chi connectivity index (χ3v) is 1.83. The molecule has 0 saturated carbocycles. The monoisotopic (exact) mass is 165 g/mol. The summed E-state index contributed by atoms with van der Waals surface area (Å²) in [6.07, 6.45) is 1.66. The van der Waals surface area contributed by atoms with Gasteiger partial charge in [-0.25, -0.2) is 0 Å². The maximum absolute atomic E-state index is 5.48. The van der Waals surface area contributed by atoms with Gasteiger partial charge in [-0.3, -0.25) is 4.98 Å². The minimum atomic E-state index is 0.206. The van der Waals surface area contributed by atoms with Crippen molar-refractivity contribution in [3.05, 3.63) is 18.3 Å². The first-order chi connectivity index (χ1) is 4.83. The molecule has 49 valence electrons. The standard InChI is InChI=1S/C5H5N2OSi2/c6-4-1-2-7-5(3-4)10-8-9/h1-3H,(H2,6,7).